The van der Waals surface area contributed by atoms with Gasteiger partial charge in [0.2, 0.25) is 6.10 Å². The van der Waals surface area contributed by atoms with Crippen molar-refractivity contribution in [1.29, 1.82) is 0 Å². The minimum Gasteiger partial charge on any atom is -0.442 e. The zero-order valence-corrected chi connectivity index (χ0v) is 15.2. The molecular formula is C23H18O5. The molecule has 1 atom stereocenters. The van der Waals surface area contributed by atoms with Crippen LogP contribution in [0.15, 0.2) is 84.9 Å². The van der Waals surface area contributed by atoms with Gasteiger partial charge in [-0.3, -0.25) is 0 Å². The molecule has 0 aliphatic carbocycles. The smallest absolute Gasteiger partial charge is 0.360 e. The van der Waals surface area contributed by atoms with Crippen LogP contribution in [0, 0.1) is 6.92 Å². The predicted octanol–water partition coefficient (Wildman–Crippen LogP) is 4.28. The van der Waals surface area contributed by atoms with E-state index in [1.165, 1.54) is 12.1 Å². The van der Waals surface area contributed by atoms with Crippen molar-refractivity contribution >= 4 is 17.9 Å². The molecule has 0 saturated heterocycles. The van der Waals surface area contributed by atoms with Crippen LogP contribution in [-0.2, 0) is 14.3 Å². The van der Waals surface area contributed by atoms with Gasteiger partial charge in [-0.2, -0.15) is 0 Å². The third kappa shape index (κ3) is 4.51. The molecule has 0 amide bonds. The summed E-state index contributed by atoms with van der Waals surface area (Å²) in [6, 6.07) is 23.5. The second-order valence-corrected chi connectivity index (χ2v) is 6.09. The Morgan fingerprint density at radius 1 is 0.714 bits per heavy atom. The lowest BCUT2D eigenvalue weighted by molar-refractivity contribution is -0.148. The van der Waals surface area contributed by atoms with Gasteiger partial charge in [0.15, 0.2) is 0 Å². The van der Waals surface area contributed by atoms with E-state index in [0.717, 1.165) is 0 Å². The van der Waals surface area contributed by atoms with E-state index in [1.807, 2.05) is 0 Å². The van der Waals surface area contributed by atoms with Crippen LogP contribution in [0.5, 0.6) is 0 Å². The van der Waals surface area contributed by atoms with Crippen molar-refractivity contribution < 1.29 is 23.9 Å². The van der Waals surface area contributed by atoms with Crippen molar-refractivity contribution in [3.8, 4) is 0 Å². The molecule has 0 aliphatic heterocycles. The van der Waals surface area contributed by atoms with Gasteiger partial charge in [0.05, 0.1) is 11.1 Å². The van der Waals surface area contributed by atoms with Crippen LogP contribution in [0.25, 0.3) is 0 Å². The van der Waals surface area contributed by atoms with E-state index in [-0.39, 0.29) is 5.56 Å². The van der Waals surface area contributed by atoms with Gasteiger partial charge < -0.3 is 9.47 Å². The summed E-state index contributed by atoms with van der Waals surface area (Å²) < 4.78 is 10.4. The summed E-state index contributed by atoms with van der Waals surface area (Å²) in [5.74, 6) is -2.43. The van der Waals surface area contributed by atoms with E-state index >= 15 is 0 Å². The first-order chi connectivity index (χ1) is 13.6. The van der Waals surface area contributed by atoms with E-state index in [2.05, 4.69) is 0 Å². The van der Waals surface area contributed by atoms with Crippen molar-refractivity contribution in [2.24, 2.45) is 0 Å². The summed E-state index contributed by atoms with van der Waals surface area (Å²) in [4.78, 5) is 37.5. The lowest BCUT2D eigenvalue weighted by Gasteiger charge is -2.17. The number of benzene rings is 3. The Morgan fingerprint density at radius 3 is 1.93 bits per heavy atom. The SMILES string of the molecule is Cc1ccccc1C(=O)OC(C(=O)OC(=O)c1ccccc1)c1ccccc1. The molecule has 3 rings (SSSR count). The molecule has 3 aromatic carbocycles. The quantitative estimate of drug-likeness (QED) is 0.493. The number of ether oxygens (including phenoxy) is 2. The number of aryl methyl sites for hydroxylation is 1. The molecule has 0 spiro atoms. The summed E-state index contributed by atoms with van der Waals surface area (Å²) in [6.07, 6.45) is -1.36. The van der Waals surface area contributed by atoms with E-state index < -0.39 is 24.0 Å². The Bertz CT molecular complexity index is 980. The molecule has 0 bridgehead atoms. The molecule has 140 valence electrons. The number of rotatable bonds is 5. The zero-order valence-electron chi connectivity index (χ0n) is 15.2. The van der Waals surface area contributed by atoms with Crippen molar-refractivity contribution in [2.45, 2.75) is 13.0 Å². The second-order valence-electron chi connectivity index (χ2n) is 6.09. The van der Waals surface area contributed by atoms with Crippen LogP contribution in [0.2, 0.25) is 0 Å². The average Bonchev–Trinajstić information content (AvgIpc) is 2.73. The second kappa shape index (κ2) is 8.77. The first-order valence-corrected chi connectivity index (χ1v) is 8.69. The van der Waals surface area contributed by atoms with Crippen molar-refractivity contribution in [1.82, 2.24) is 0 Å². The zero-order chi connectivity index (χ0) is 19.9. The van der Waals surface area contributed by atoms with E-state index in [0.29, 0.717) is 16.7 Å². The van der Waals surface area contributed by atoms with Gasteiger partial charge in [-0.15, -0.1) is 0 Å². The van der Waals surface area contributed by atoms with Gasteiger partial charge >= 0.3 is 17.9 Å². The van der Waals surface area contributed by atoms with Crippen LogP contribution in [0.4, 0.5) is 0 Å². The van der Waals surface area contributed by atoms with Crippen molar-refractivity contribution in [3.63, 3.8) is 0 Å². The standard InChI is InChI=1S/C23H18O5/c1-16-10-8-9-15-19(16)22(25)27-20(17-11-4-2-5-12-17)23(26)28-21(24)18-13-6-3-7-14-18/h2-15,20H,1H3. The Labute approximate surface area is 162 Å². The maximum absolute atomic E-state index is 12.7. The predicted molar refractivity (Wildman–Crippen MR) is 103 cm³/mol. The highest BCUT2D eigenvalue weighted by molar-refractivity contribution is 5.99. The highest BCUT2D eigenvalue weighted by atomic mass is 16.6. The van der Waals surface area contributed by atoms with E-state index in [1.54, 1.807) is 79.7 Å². The highest BCUT2D eigenvalue weighted by Gasteiger charge is 2.29. The minimum atomic E-state index is -1.36. The third-order valence-corrected chi connectivity index (χ3v) is 4.11. The first kappa shape index (κ1) is 19.0. The molecule has 0 radical (unpaired) electrons. The van der Waals surface area contributed by atoms with Gasteiger partial charge in [0, 0.05) is 5.56 Å². The third-order valence-electron chi connectivity index (χ3n) is 4.11. The van der Waals surface area contributed by atoms with Crippen LogP contribution in [0.3, 0.4) is 0 Å². The minimum absolute atomic E-state index is 0.230. The molecule has 0 N–H and O–H groups in total. The largest absolute Gasteiger partial charge is 0.442 e. The number of hydrogen-bond donors (Lipinski definition) is 0. The van der Waals surface area contributed by atoms with Crippen molar-refractivity contribution in [3.05, 3.63) is 107 Å². The summed E-state index contributed by atoms with van der Waals surface area (Å²) in [5, 5.41) is 0. The average molecular weight is 374 g/mol. The molecule has 28 heavy (non-hydrogen) atoms. The molecule has 3 aromatic rings. The van der Waals surface area contributed by atoms with Crippen LogP contribution < -0.4 is 0 Å². The van der Waals surface area contributed by atoms with Crippen molar-refractivity contribution in [2.75, 3.05) is 0 Å². The lowest BCUT2D eigenvalue weighted by Crippen LogP contribution is -2.25. The van der Waals surface area contributed by atoms with Crippen LogP contribution >= 0.6 is 0 Å². The summed E-state index contributed by atoms with van der Waals surface area (Å²) in [7, 11) is 0. The lowest BCUT2D eigenvalue weighted by atomic mass is 10.1. The van der Waals surface area contributed by atoms with Gasteiger partial charge in [0.1, 0.15) is 0 Å². The maximum Gasteiger partial charge on any atom is 0.360 e. The molecule has 5 heteroatoms. The molecular weight excluding hydrogens is 356 g/mol. The molecule has 1 unspecified atom stereocenters. The van der Waals surface area contributed by atoms with Gasteiger partial charge in [-0.1, -0.05) is 66.7 Å². The molecule has 0 aliphatic rings. The Balaban J connectivity index is 1.83. The van der Waals surface area contributed by atoms with E-state index in [9.17, 15) is 14.4 Å². The summed E-state index contributed by atoms with van der Waals surface area (Å²) in [5.41, 5.74) is 1.70. The molecule has 0 saturated carbocycles. The fourth-order valence-corrected chi connectivity index (χ4v) is 2.63. The van der Waals surface area contributed by atoms with Gasteiger partial charge in [-0.25, -0.2) is 14.4 Å². The topological polar surface area (TPSA) is 69.7 Å². The monoisotopic (exact) mass is 374 g/mol. The highest BCUT2D eigenvalue weighted by Crippen LogP contribution is 2.22. The fourth-order valence-electron chi connectivity index (χ4n) is 2.63. The van der Waals surface area contributed by atoms with Gasteiger partial charge in [-0.05, 0) is 30.7 Å². The normalized spacial score (nSPS) is 11.3. The number of esters is 3. The first-order valence-electron chi connectivity index (χ1n) is 8.69. The molecule has 0 heterocycles. The number of hydrogen-bond acceptors (Lipinski definition) is 5. The van der Waals surface area contributed by atoms with E-state index in [4.69, 9.17) is 9.47 Å². The number of carbonyl (C=O) groups is 3. The summed E-state index contributed by atoms with van der Waals surface area (Å²) in [6.45, 7) is 1.77. The molecule has 0 fully saturated rings. The molecule has 5 nitrogen and oxygen atoms in total. The Morgan fingerprint density at radius 2 is 1.29 bits per heavy atom. The van der Waals surface area contributed by atoms with Gasteiger partial charge in [0.25, 0.3) is 0 Å². The Kier molecular flexibility index (Phi) is 5.97. The Hall–Kier alpha value is -3.73. The number of carbonyl (C=O) groups excluding carboxylic acids is 3. The summed E-state index contributed by atoms with van der Waals surface area (Å²) >= 11 is 0. The fraction of sp³-hybridized carbons (Fsp3) is 0.0870. The van der Waals surface area contributed by atoms with Crippen LogP contribution in [-0.4, -0.2) is 17.9 Å². The van der Waals surface area contributed by atoms with Crippen LogP contribution in [0.1, 0.15) is 37.9 Å². The maximum atomic E-state index is 12.7. The molecule has 0 aromatic heterocycles.